The predicted octanol–water partition coefficient (Wildman–Crippen LogP) is 4.06. The van der Waals surface area contributed by atoms with Gasteiger partial charge >= 0.3 is 0 Å². The van der Waals surface area contributed by atoms with Crippen LogP contribution in [-0.4, -0.2) is 38.1 Å². The van der Waals surface area contributed by atoms with Crippen molar-refractivity contribution in [3.63, 3.8) is 0 Å². The van der Waals surface area contributed by atoms with Crippen LogP contribution in [0.15, 0.2) is 42.5 Å². The Balaban J connectivity index is 1.59. The summed E-state index contributed by atoms with van der Waals surface area (Å²) in [6.07, 6.45) is 2.43. The van der Waals surface area contributed by atoms with Gasteiger partial charge in [0.25, 0.3) is 0 Å². The molecular formula is C19H17N5S. The molecule has 0 radical (unpaired) electrons. The highest BCUT2D eigenvalue weighted by atomic mass is 32.1. The molecule has 6 heteroatoms. The van der Waals surface area contributed by atoms with Gasteiger partial charge in [-0.1, -0.05) is 12.1 Å². The first-order chi connectivity index (χ1) is 12.3. The van der Waals surface area contributed by atoms with Crippen molar-refractivity contribution in [3.05, 3.63) is 42.5 Å². The maximum absolute atomic E-state index is 5.54. The van der Waals surface area contributed by atoms with Crippen molar-refractivity contribution in [2.75, 3.05) is 18.4 Å². The van der Waals surface area contributed by atoms with Crippen molar-refractivity contribution in [2.45, 2.75) is 12.8 Å². The Kier molecular flexibility index (Phi) is 3.31. The average Bonchev–Trinajstić information content (AvgIpc) is 3.27. The molecule has 2 aromatic heterocycles. The van der Waals surface area contributed by atoms with Gasteiger partial charge in [0, 0.05) is 29.7 Å². The van der Waals surface area contributed by atoms with Crippen molar-refractivity contribution in [1.82, 2.24) is 19.9 Å². The van der Waals surface area contributed by atoms with Crippen LogP contribution in [0.1, 0.15) is 12.8 Å². The second-order valence-corrected chi connectivity index (χ2v) is 6.81. The average molecular weight is 347 g/mol. The summed E-state index contributed by atoms with van der Waals surface area (Å²) in [5, 5.41) is 5.22. The second-order valence-electron chi connectivity index (χ2n) is 6.42. The van der Waals surface area contributed by atoms with Gasteiger partial charge in [-0.25, -0.2) is 9.97 Å². The van der Waals surface area contributed by atoms with Crippen LogP contribution in [-0.2, 0) is 0 Å². The standard InChI is InChI=1S/C19H17N5S/c25-19(24-9-3-4-10-24)20-12-7-8-14-13(11-12)17-18(22-14)23-16-6-2-1-5-15(16)21-17/h1-2,5-8,11H,3-4,9-10H2,(H,20,25)(H,22,23). The number of nitrogens with one attached hydrogen (secondary N) is 2. The molecule has 0 saturated carbocycles. The minimum atomic E-state index is 0.799. The van der Waals surface area contributed by atoms with Gasteiger partial charge in [-0.2, -0.15) is 0 Å². The number of nitrogens with zero attached hydrogens (tertiary/aromatic N) is 3. The predicted molar refractivity (Wildman–Crippen MR) is 106 cm³/mol. The van der Waals surface area contributed by atoms with Crippen molar-refractivity contribution in [3.8, 4) is 0 Å². The van der Waals surface area contributed by atoms with E-state index < -0.39 is 0 Å². The van der Waals surface area contributed by atoms with E-state index in [1.165, 1.54) is 12.8 Å². The maximum Gasteiger partial charge on any atom is 0.173 e. The number of anilines is 1. The van der Waals surface area contributed by atoms with Gasteiger partial charge in [-0.3, -0.25) is 0 Å². The van der Waals surface area contributed by atoms with E-state index in [2.05, 4.69) is 27.3 Å². The minimum Gasteiger partial charge on any atom is -0.349 e. The summed E-state index contributed by atoms with van der Waals surface area (Å²) in [4.78, 5) is 15.1. The molecule has 2 N–H and O–H groups in total. The third-order valence-corrected chi connectivity index (χ3v) is 5.10. The van der Waals surface area contributed by atoms with Gasteiger partial charge in [0.2, 0.25) is 0 Å². The normalized spacial score (nSPS) is 14.6. The molecule has 5 rings (SSSR count). The van der Waals surface area contributed by atoms with Crippen LogP contribution in [0.2, 0.25) is 0 Å². The number of rotatable bonds is 1. The van der Waals surface area contributed by atoms with Gasteiger partial charge in [-0.15, -0.1) is 0 Å². The Bertz CT molecular complexity index is 1110. The number of likely N-dealkylation sites (tertiary alicyclic amines) is 1. The van der Waals surface area contributed by atoms with Gasteiger partial charge in [0.1, 0.15) is 5.52 Å². The molecule has 0 bridgehead atoms. The van der Waals surface area contributed by atoms with Gasteiger partial charge in [0.15, 0.2) is 10.8 Å². The van der Waals surface area contributed by atoms with E-state index in [9.17, 15) is 0 Å². The molecule has 1 saturated heterocycles. The molecule has 1 aliphatic heterocycles. The summed E-state index contributed by atoms with van der Waals surface area (Å²) in [7, 11) is 0. The second kappa shape index (κ2) is 5.67. The number of benzene rings is 2. The Labute approximate surface area is 150 Å². The Morgan fingerprint density at radius 3 is 2.60 bits per heavy atom. The van der Waals surface area contributed by atoms with Crippen molar-refractivity contribution in [2.24, 2.45) is 0 Å². The lowest BCUT2D eigenvalue weighted by Gasteiger charge is -2.19. The van der Waals surface area contributed by atoms with E-state index in [0.717, 1.165) is 57.0 Å². The third kappa shape index (κ3) is 2.49. The molecule has 2 aromatic carbocycles. The van der Waals surface area contributed by atoms with Gasteiger partial charge in [-0.05, 0) is 55.4 Å². The van der Waals surface area contributed by atoms with Gasteiger partial charge < -0.3 is 15.2 Å². The van der Waals surface area contributed by atoms with Gasteiger partial charge in [0.05, 0.1) is 11.0 Å². The number of thiocarbonyl (C=S) groups is 1. The summed E-state index contributed by atoms with van der Waals surface area (Å²) < 4.78 is 0. The van der Waals surface area contributed by atoms with Crippen LogP contribution in [0.25, 0.3) is 33.1 Å². The lowest BCUT2D eigenvalue weighted by molar-refractivity contribution is 0.528. The fourth-order valence-electron chi connectivity index (χ4n) is 3.45. The molecule has 0 atom stereocenters. The van der Waals surface area contributed by atoms with E-state index >= 15 is 0 Å². The van der Waals surface area contributed by atoms with E-state index in [4.69, 9.17) is 22.2 Å². The van der Waals surface area contributed by atoms with Crippen LogP contribution in [0, 0.1) is 0 Å². The molecular weight excluding hydrogens is 330 g/mol. The van der Waals surface area contributed by atoms with Crippen LogP contribution >= 0.6 is 12.2 Å². The summed E-state index contributed by atoms with van der Waals surface area (Å²) in [5.41, 5.74) is 5.53. The Hall–Kier alpha value is -2.73. The first-order valence-corrected chi connectivity index (χ1v) is 8.93. The highest BCUT2D eigenvalue weighted by Gasteiger charge is 2.15. The van der Waals surface area contributed by atoms with E-state index in [1.807, 2.05) is 30.3 Å². The monoisotopic (exact) mass is 347 g/mol. The largest absolute Gasteiger partial charge is 0.349 e. The number of H-pyrrole nitrogens is 1. The Morgan fingerprint density at radius 2 is 1.80 bits per heavy atom. The summed E-state index contributed by atoms with van der Waals surface area (Å²) in [6.45, 7) is 2.08. The van der Waals surface area contributed by atoms with E-state index in [0.29, 0.717) is 0 Å². The van der Waals surface area contributed by atoms with Crippen LogP contribution in [0.5, 0.6) is 0 Å². The van der Waals surface area contributed by atoms with E-state index in [-0.39, 0.29) is 0 Å². The molecule has 1 aliphatic rings. The molecule has 0 amide bonds. The van der Waals surface area contributed by atoms with Crippen LogP contribution in [0.3, 0.4) is 0 Å². The lowest BCUT2D eigenvalue weighted by atomic mass is 10.2. The number of para-hydroxylation sites is 2. The molecule has 3 heterocycles. The third-order valence-electron chi connectivity index (χ3n) is 4.74. The molecule has 124 valence electrons. The number of hydrogen-bond donors (Lipinski definition) is 2. The zero-order valence-corrected chi connectivity index (χ0v) is 14.4. The highest BCUT2D eigenvalue weighted by Crippen LogP contribution is 2.27. The van der Waals surface area contributed by atoms with Crippen molar-refractivity contribution in [1.29, 1.82) is 0 Å². The molecule has 5 nitrogen and oxygen atoms in total. The minimum absolute atomic E-state index is 0.799. The van der Waals surface area contributed by atoms with Crippen LogP contribution < -0.4 is 5.32 Å². The molecule has 0 spiro atoms. The number of fused-ring (bicyclic) bond motifs is 4. The fourth-order valence-corrected chi connectivity index (χ4v) is 3.75. The molecule has 0 unspecified atom stereocenters. The van der Waals surface area contributed by atoms with E-state index in [1.54, 1.807) is 0 Å². The topological polar surface area (TPSA) is 56.8 Å². The van der Waals surface area contributed by atoms with Crippen LogP contribution in [0.4, 0.5) is 5.69 Å². The number of aromatic nitrogens is 3. The number of hydrogen-bond acceptors (Lipinski definition) is 3. The van der Waals surface area contributed by atoms with Crippen molar-refractivity contribution >= 4 is 56.1 Å². The summed E-state index contributed by atoms with van der Waals surface area (Å²) in [6, 6.07) is 14.1. The zero-order valence-electron chi connectivity index (χ0n) is 13.6. The fraction of sp³-hybridized carbons (Fsp3) is 0.211. The summed E-state index contributed by atoms with van der Waals surface area (Å²) in [5.74, 6) is 0. The Morgan fingerprint density at radius 1 is 1.04 bits per heavy atom. The highest BCUT2D eigenvalue weighted by molar-refractivity contribution is 7.80. The molecule has 4 aromatic rings. The molecule has 1 fully saturated rings. The quantitative estimate of drug-likeness (QED) is 0.509. The summed E-state index contributed by atoms with van der Waals surface area (Å²) >= 11 is 5.54. The van der Waals surface area contributed by atoms with Crippen molar-refractivity contribution < 1.29 is 0 Å². The first-order valence-electron chi connectivity index (χ1n) is 8.52. The molecule has 0 aliphatic carbocycles. The SMILES string of the molecule is S=C(Nc1ccc2[nH]c3nc4ccccc4nc3c2c1)N1CCCC1. The maximum atomic E-state index is 5.54. The first kappa shape index (κ1) is 14.6. The molecule has 25 heavy (non-hydrogen) atoms. The lowest BCUT2D eigenvalue weighted by Crippen LogP contribution is -2.31. The zero-order chi connectivity index (χ0) is 16.8. The number of aromatic amines is 1. The smallest absolute Gasteiger partial charge is 0.173 e.